The van der Waals surface area contributed by atoms with Crippen LogP contribution in [0.3, 0.4) is 0 Å². The van der Waals surface area contributed by atoms with E-state index in [1.54, 1.807) is 4.90 Å². The molecule has 4 heteroatoms. The quantitative estimate of drug-likeness (QED) is 0.787. The summed E-state index contributed by atoms with van der Waals surface area (Å²) >= 11 is 0. The molecule has 1 rings (SSSR count). The highest BCUT2D eigenvalue weighted by Gasteiger charge is 2.26. The van der Waals surface area contributed by atoms with E-state index in [0.717, 1.165) is 19.4 Å². The van der Waals surface area contributed by atoms with E-state index in [4.69, 9.17) is 4.74 Å². The van der Waals surface area contributed by atoms with Crippen molar-refractivity contribution < 1.29 is 9.53 Å². The summed E-state index contributed by atoms with van der Waals surface area (Å²) < 4.78 is 5.39. The highest BCUT2D eigenvalue weighted by Crippen LogP contribution is 2.11. The second-order valence-corrected chi connectivity index (χ2v) is 5.70. The van der Waals surface area contributed by atoms with Gasteiger partial charge in [0, 0.05) is 25.7 Å². The van der Waals surface area contributed by atoms with E-state index in [1.165, 1.54) is 0 Å². The van der Waals surface area contributed by atoms with E-state index >= 15 is 0 Å². The molecule has 0 aromatic rings. The summed E-state index contributed by atoms with van der Waals surface area (Å²) in [7, 11) is 0. The summed E-state index contributed by atoms with van der Waals surface area (Å²) in [5.41, 5.74) is -0.421. The molecule has 0 radical (unpaired) electrons. The zero-order valence-corrected chi connectivity index (χ0v) is 12.0. The first kappa shape index (κ1) is 15.0. The molecular formula is C14H26N2O2. The van der Waals surface area contributed by atoms with E-state index in [9.17, 15) is 4.79 Å². The summed E-state index contributed by atoms with van der Waals surface area (Å²) in [6.45, 7) is 10.1. The second kappa shape index (κ2) is 6.78. The molecule has 0 aromatic carbocycles. The van der Waals surface area contributed by atoms with Gasteiger partial charge in [0.2, 0.25) is 0 Å². The van der Waals surface area contributed by atoms with Crippen LogP contribution >= 0.6 is 0 Å². The fraction of sp³-hybridized carbons (Fsp3) is 0.786. The number of piperazine rings is 1. The van der Waals surface area contributed by atoms with Crippen LogP contribution in [-0.2, 0) is 4.74 Å². The predicted octanol–water partition coefficient (Wildman–Crippen LogP) is 2.55. The number of amides is 1. The maximum Gasteiger partial charge on any atom is 0.410 e. The van der Waals surface area contributed by atoms with Crippen molar-refractivity contribution in [3.05, 3.63) is 12.2 Å². The Morgan fingerprint density at radius 2 is 2.22 bits per heavy atom. The highest BCUT2D eigenvalue weighted by atomic mass is 16.6. The smallest absolute Gasteiger partial charge is 0.410 e. The van der Waals surface area contributed by atoms with Gasteiger partial charge in [0.05, 0.1) is 0 Å². The number of hydrogen-bond donors (Lipinski definition) is 1. The maximum atomic E-state index is 11.9. The normalized spacial score (nSPS) is 21.3. The van der Waals surface area contributed by atoms with Gasteiger partial charge in [-0.3, -0.25) is 0 Å². The third kappa shape index (κ3) is 5.54. The Bertz CT molecular complexity index is 295. The molecule has 1 unspecified atom stereocenters. The Morgan fingerprint density at radius 3 is 2.83 bits per heavy atom. The molecule has 1 atom stereocenters. The number of carbonyl (C=O) groups excluding carboxylic acids is 1. The van der Waals surface area contributed by atoms with Crippen molar-refractivity contribution >= 4 is 6.09 Å². The van der Waals surface area contributed by atoms with Crippen LogP contribution < -0.4 is 5.32 Å². The number of nitrogens with one attached hydrogen (secondary N) is 1. The summed E-state index contributed by atoms with van der Waals surface area (Å²) in [4.78, 5) is 13.7. The number of hydrogen-bond acceptors (Lipinski definition) is 3. The Hall–Kier alpha value is -1.03. The average Bonchev–Trinajstić information content (AvgIpc) is 2.27. The van der Waals surface area contributed by atoms with Crippen molar-refractivity contribution in [3.63, 3.8) is 0 Å². The minimum Gasteiger partial charge on any atom is -0.444 e. The van der Waals surface area contributed by atoms with Crippen LogP contribution in [0.4, 0.5) is 4.79 Å². The molecule has 1 N–H and O–H groups in total. The SMILES string of the molecule is CCC/C=C/C1CN(C(=O)OC(C)(C)C)CCN1. The van der Waals surface area contributed by atoms with Crippen molar-refractivity contribution in [3.8, 4) is 0 Å². The first-order chi connectivity index (χ1) is 8.42. The Balaban J connectivity index is 2.45. The lowest BCUT2D eigenvalue weighted by Crippen LogP contribution is -2.52. The van der Waals surface area contributed by atoms with Gasteiger partial charge in [0.25, 0.3) is 0 Å². The second-order valence-electron chi connectivity index (χ2n) is 5.70. The molecule has 0 aliphatic carbocycles. The van der Waals surface area contributed by atoms with Crippen molar-refractivity contribution in [1.29, 1.82) is 0 Å². The summed E-state index contributed by atoms with van der Waals surface area (Å²) in [5, 5.41) is 3.39. The fourth-order valence-corrected chi connectivity index (χ4v) is 1.83. The topological polar surface area (TPSA) is 41.6 Å². The molecular weight excluding hydrogens is 228 g/mol. The van der Waals surface area contributed by atoms with Crippen LogP contribution in [0.1, 0.15) is 40.5 Å². The molecule has 104 valence electrons. The predicted molar refractivity (Wildman–Crippen MR) is 73.6 cm³/mol. The molecule has 0 aromatic heterocycles. The number of unbranched alkanes of at least 4 members (excludes halogenated alkanes) is 1. The zero-order valence-electron chi connectivity index (χ0n) is 12.0. The Morgan fingerprint density at radius 1 is 1.50 bits per heavy atom. The summed E-state index contributed by atoms with van der Waals surface area (Å²) in [5.74, 6) is 0. The molecule has 1 aliphatic rings. The van der Waals surface area contributed by atoms with E-state index in [2.05, 4.69) is 24.4 Å². The standard InChI is InChI=1S/C14H26N2O2/c1-5-6-7-8-12-11-16(10-9-15-12)13(17)18-14(2,3)4/h7-8,12,15H,5-6,9-11H2,1-4H3/b8-7+. The van der Waals surface area contributed by atoms with Crippen LogP contribution in [0.5, 0.6) is 0 Å². The van der Waals surface area contributed by atoms with Crippen LogP contribution in [0, 0.1) is 0 Å². The van der Waals surface area contributed by atoms with Gasteiger partial charge >= 0.3 is 6.09 Å². The minimum atomic E-state index is -0.421. The first-order valence-electron chi connectivity index (χ1n) is 6.80. The largest absolute Gasteiger partial charge is 0.444 e. The average molecular weight is 254 g/mol. The van der Waals surface area contributed by atoms with E-state index in [0.29, 0.717) is 13.1 Å². The van der Waals surface area contributed by atoms with Gasteiger partial charge in [-0.25, -0.2) is 4.79 Å². The first-order valence-corrected chi connectivity index (χ1v) is 6.80. The molecule has 1 aliphatic heterocycles. The minimum absolute atomic E-state index is 0.210. The van der Waals surface area contributed by atoms with Gasteiger partial charge < -0.3 is 15.0 Å². The number of rotatable bonds is 3. The lowest BCUT2D eigenvalue weighted by atomic mass is 10.1. The summed E-state index contributed by atoms with van der Waals surface area (Å²) in [6.07, 6.45) is 6.36. The Labute approximate surface area is 110 Å². The van der Waals surface area contributed by atoms with E-state index in [1.807, 2.05) is 20.8 Å². The molecule has 0 saturated carbocycles. The van der Waals surface area contributed by atoms with Gasteiger partial charge in [-0.1, -0.05) is 25.5 Å². The van der Waals surface area contributed by atoms with Crippen LogP contribution in [-0.4, -0.2) is 42.3 Å². The van der Waals surface area contributed by atoms with Crippen molar-refractivity contribution in [2.45, 2.75) is 52.2 Å². The molecule has 1 saturated heterocycles. The van der Waals surface area contributed by atoms with Gasteiger partial charge in [-0.15, -0.1) is 0 Å². The van der Waals surface area contributed by atoms with Crippen LogP contribution in [0.25, 0.3) is 0 Å². The highest BCUT2D eigenvalue weighted by molar-refractivity contribution is 5.68. The summed E-state index contributed by atoms with van der Waals surface area (Å²) in [6, 6.07) is 0.248. The Kier molecular flexibility index (Phi) is 5.66. The number of carbonyl (C=O) groups is 1. The lowest BCUT2D eigenvalue weighted by molar-refractivity contribution is 0.0209. The molecule has 1 amide bonds. The molecule has 1 heterocycles. The molecule has 4 nitrogen and oxygen atoms in total. The third-order valence-corrected chi connectivity index (χ3v) is 2.68. The van der Waals surface area contributed by atoms with Crippen molar-refractivity contribution in [2.75, 3.05) is 19.6 Å². The number of nitrogens with zero attached hydrogens (tertiary/aromatic N) is 1. The molecule has 18 heavy (non-hydrogen) atoms. The van der Waals surface area contributed by atoms with E-state index in [-0.39, 0.29) is 12.1 Å². The maximum absolute atomic E-state index is 11.9. The van der Waals surface area contributed by atoms with Crippen molar-refractivity contribution in [1.82, 2.24) is 10.2 Å². The van der Waals surface area contributed by atoms with Gasteiger partial charge in [-0.2, -0.15) is 0 Å². The number of ether oxygens (including phenoxy) is 1. The van der Waals surface area contributed by atoms with Gasteiger partial charge in [0.1, 0.15) is 5.60 Å². The van der Waals surface area contributed by atoms with Crippen molar-refractivity contribution in [2.24, 2.45) is 0 Å². The van der Waals surface area contributed by atoms with Gasteiger partial charge in [0.15, 0.2) is 0 Å². The third-order valence-electron chi connectivity index (χ3n) is 2.68. The molecule has 0 spiro atoms. The van der Waals surface area contributed by atoms with Crippen LogP contribution in [0.2, 0.25) is 0 Å². The van der Waals surface area contributed by atoms with Gasteiger partial charge in [-0.05, 0) is 27.2 Å². The fourth-order valence-electron chi connectivity index (χ4n) is 1.83. The zero-order chi connectivity index (χ0) is 13.6. The lowest BCUT2D eigenvalue weighted by Gasteiger charge is -2.33. The van der Waals surface area contributed by atoms with E-state index < -0.39 is 5.60 Å². The monoisotopic (exact) mass is 254 g/mol. The number of allylic oxidation sites excluding steroid dienone is 1. The van der Waals surface area contributed by atoms with Crippen LogP contribution in [0.15, 0.2) is 12.2 Å². The molecule has 1 fully saturated rings. The molecule has 0 bridgehead atoms.